The van der Waals surface area contributed by atoms with Crippen molar-refractivity contribution < 1.29 is 4.79 Å². The molecular weight excluding hydrogens is 289 g/mol. The summed E-state index contributed by atoms with van der Waals surface area (Å²) in [7, 11) is 0. The minimum absolute atomic E-state index is 0.419. The number of nitrogens with two attached hydrogens (primary N) is 1. The molecule has 92 valence electrons. The number of halogens is 2. The van der Waals surface area contributed by atoms with Crippen LogP contribution in [0, 0.1) is 0 Å². The van der Waals surface area contributed by atoms with Gasteiger partial charge in [-0.2, -0.15) is 0 Å². The fourth-order valence-electron chi connectivity index (χ4n) is 1.41. The van der Waals surface area contributed by atoms with Gasteiger partial charge < -0.3 is 5.73 Å². The first kappa shape index (κ1) is 13.3. The van der Waals surface area contributed by atoms with Crippen LogP contribution < -0.4 is 5.73 Å². The Labute approximate surface area is 119 Å². The predicted molar refractivity (Wildman–Crippen MR) is 75.5 cm³/mol. The SMILES string of the molecule is NC(=O)c1cc(Cl)ccc1Sc1ccc(Cl)cc1. The van der Waals surface area contributed by atoms with E-state index in [1.807, 2.05) is 12.1 Å². The maximum atomic E-state index is 11.3. The Hall–Kier alpha value is -1.16. The summed E-state index contributed by atoms with van der Waals surface area (Å²) in [6.45, 7) is 0. The molecule has 5 heteroatoms. The zero-order valence-electron chi connectivity index (χ0n) is 9.19. The summed E-state index contributed by atoms with van der Waals surface area (Å²) in [4.78, 5) is 13.1. The highest BCUT2D eigenvalue weighted by Gasteiger charge is 2.10. The molecule has 0 saturated carbocycles. The van der Waals surface area contributed by atoms with Gasteiger partial charge in [-0.3, -0.25) is 4.79 Å². The number of benzene rings is 2. The van der Waals surface area contributed by atoms with Crippen molar-refractivity contribution in [1.29, 1.82) is 0 Å². The molecule has 2 nitrogen and oxygen atoms in total. The molecule has 0 atom stereocenters. The molecule has 0 bridgehead atoms. The Morgan fingerprint density at radius 2 is 1.61 bits per heavy atom. The summed E-state index contributed by atoms with van der Waals surface area (Å²) in [5, 5.41) is 1.16. The van der Waals surface area contributed by atoms with Crippen LogP contribution in [0.1, 0.15) is 10.4 Å². The minimum Gasteiger partial charge on any atom is -0.366 e. The standard InChI is InChI=1S/C13H9Cl2NOS/c14-8-1-4-10(5-2-8)18-12-6-3-9(15)7-11(12)13(16)17/h1-7H,(H2,16,17). The van der Waals surface area contributed by atoms with Gasteiger partial charge >= 0.3 is 0 Å². The Bertz CT molecular complexity index is 584. The zero-order chi connectivity index (χ0) is 13.1. The van der Waals surface area contributed by atoms with Crippen LogP contribution in [-0.2, 0) is 0 Å². The average molecular weight is 298 g/mol. The van der Waals surface area contributed by atoms with Crippen molar-refractivity contribution in [2.24, 2.45) is 5.73 Å². The van der Waals surface area contributed by atoms with Crippen molar-refractivity contribution in [2.45, 2.75) is 9.79 Å². The van der Waals surface area contributed by atoms with E-state index in [0.717, 1.165) is 9.79 Å². The monoisotopic (exact) mass is 297 g/mol. The summed E-state index contributed by atoms with van der Waals surface area (Å²) < 4.78 is 0. The number of hydrogen-bond donors (Lipinski definition) is 1. The van der Waals surface area contributed by atoms with E-state index in [1.54, 1.807) is 30.3 Å². The molecule has 0 radical (unpaired) electrons. The van der Waals surface area contributed by atoms with E-state index in [1.165, 1.54) is 11.8 Å². The van der Waals surface area contributed by atoms with E-state index in [4.69, 9.17) is 28.9 Å². The lowest BCUT2D eigenvalue weighted by atomic mass is 10.2. The topological polar surface area (TPSA) is 43.1 Å². The van der Waals surface area contributed by atoms with Gasteiger partial charge in [-0.25, -0.2) is 0 Å². The molecule has 0 unspecified atom stereocenters. The van der Waals surface area contributed by atoms with E-state index >= 15 is 0 Å². The molecule has 2 N–H and O–H groups in total. The lowest BCUT2D eigenvalue weighted by molar-refractivity contribution is 0.0997. The highest BCUT2D eigenvalue weighted by atomic mass is 35.5. The van der Waals surface area contributed by atoms with E-state index < -0.39 is 5.91 Å². The molecule has 18 heavy (non-hydrogen) atoms. The Kier molecular flexibility index (Phi) is 4.17. The molecule has 0 aliphatic carbocycles. The van der Waals surface area contributed by atoms with Crippen molar-refractivity contribution in [3.05, 3.63) is 58.1 Å². The third-order valence-electron chi connectivity index (χ3n) is 2.25. The third kappa shape index (κ3) is 3.19. The molecule has 2 aromatic carbocycles. The van der Waals surface area contributed by atoms with E-state index in [-0.39, 0.29) is 0 Å². The first-order chi connectivity index (χ1) is 8.56. The average Bonchev–Trinajstić information content (AvgIpc) is 2.34. The fourth-order valence-corrected chi connectivity index (χ4v) is 2.64. The van der Waals surface area contributed by atoms with Crippen LogP contribution in [0.3, 0.4) is 0 Å². The van der Waals surface area contributed by atoms with Crippen molar-refractivity contribution >= 4 is 40.9 Å². The molecule has 0 aromatic heterocycles. The molecule has 0 aliphatic rings. The highest BCUT2D eigenvalue weighted by Crippen LogP contribution is 2.32. The van der Waals surface area contributed by atoms with Gasteiger partial charge in [-0.15, -0.1) is 0 Å². The van der Waals surface area contributed by atoms with Crippen molar-refractivity contribution in [3.63, 3.8) is 0 Å². The number of hydrogen-bond acceptors (Lipinski definition) is 2. The van der Waals surface area contributed by atoms with Gasteiger partial charge in [0.1, 0.15) is 0 Å². The summed E-state index contributed by atoms with van der Waals surface area (Å²) >= 11 is 13.1. The first-order valence-electron chi connectivity index (χ1n) is 5.09. The maximum Gasteiger partial charge on any atom is 0.249 e. The lowest BCUT2D eigenvalue weighted by Crippen LogP contribution is -2.12. The second-order valence-corrected chi connectivity index (χ2v) is 5.55. The second-order valence-electron chi connectivity index (χ2n) is 3.56. The second kappa shape index (κ2) is 5.65. The minimum atomic E-state index is -0.492. The smallest absolute Gasteiger partial charge is 0.249 e. The number of rotatable bonds is 3. The molecular formula is C13H9Cl2NOS. The quantitative estimate of drug-likeness (QED) is 0.920. The van der Waals surface area contributed by atoms with Crippen LogP contribution in [-0.4, -0.2) is 5.91 Å². The van der Waals surface area contributed by atoms with E-state index in [0.29, 0.717) is 15.6 Å². The molecule has 0 aliphatic heterocycles. The number of primary amides is 1. The van der Waals surface area contributed by atoms with Crippen molar-refractivity contribution in [1.82, 2.24) is 0 Å². The van der Waals surface area contributed by atoms with Gasteiger partial charge in [0.2, 0.25) is 5.91 Å². The van der Waals surface area contributed by atoms with Crippen LogP contribution in [0.5, 0.6) is 0 Å². The molecule has 0 saturated heterocycles. The molecule has 1 amide bonds. The zero-order valence-corrected chi connectivity index (χ0v) is 11.5. The molecule has 2 rings (SSSR count). The summed E-state index contributed by atoms with van der Waals surface area (Å²) in [6.07, 6.45) is 0. The van der Waals surface area contributed by atoms with Gasteiger partial charge in [-0.05, 0) is 42.5 Å². The molecule has 0 heterocycles. The van der Waals surface area contributed by atoms with Crippen LogP contribution in [0.25, 0.3) is 0 Å². The molecule has 0 fully saturated rings. The van der Waals surface area contributed by atoms with Crippen molar-refractivity contribution in [2.75, 3.05) is 0 Å². The summed E-state index contributed by atoms with van der Waals surface area (Å²) in [5.41, 5.74) is 5.75. The summed E-state index contributed by atoms with van der Waals surface area (Å²) in [5.74, 6) is -0.492. The van der Waals surface area contributed by atoms with Gasteiger partial charge in [0, 0.05) is 19.8 Å². The Balaban J connectivity index is 2.34. The Morgan fingerprint density at radius 1 is 1.00 bits per heavy atom. The first-order valence-corrected chi connectivity index (χ1v) is 6.66. The summed E-state index contributed by atoms with van der Waals surface area (Å²) in [6, 6.07) is 12.4. The van der Waals surface area contributed by atoms with Crippen molar-refractivity contribution in [3.8, 4) is 0 Å². The Morgan fingerprint density at radius 3 is 2.22 bits per heavy atom. The number of amides is 1. The highest BCUT2D eigenvalue weighted by molar-refractivity contribution is 7.99. The largest absolute Gasteiger partial charge is 0.366 e. The third-order valence-corrected chi connectivity index (χ3v) is 3.82. The van der Waals surface area contributed by atoms with E-state index in [9.17, 15) is 4.79 Å². The number of carbonyl (C=O) groups is 1. The van der Waals surface area contributed by atoms with E-state index in [2.05, 4.69) is 0 Å². The number of carbonyl (C=O) groups excluding carboxylic acids is 1. The van der Waals surface area contributed by atoms with Gasteiger partial charge in [0.05, 0.1) is 5.56 Å². The van der Waals surface area contributed by atoms with Gasteiger partial charge in [-0.1, -0.05) is 35.0 Å². The fraction of sp³-hybridized carbons (Fsp3) is 0. The molecule has 2 aromatic rings. The van der Waals surface area contributed by atoms with Gasteiger partial charge in [0.25, 0.3) is 0 Å². The maximum absolute atomic E-state index is 11.3. The van der Waals surface area contributed by atoms with Crippen LogP contribution >= 0.6 is 35.0 Å². The predicted octanol–water partition coefficient (Wildman–Crippen LogP) is 4.24. The van der Waals surface area contributed by atoms with Crippen LogP contribution in [0.4, 0.5) is 0 Å². The molecule has 0 spiro atoms. The van der Waals surface area contributed by atoms with Gasteiger partial charge in [0.15, 0.2) is 0 Å². The normalized spacial score (nSPS) is 10.3. The lowest BCUT2D eigenvalue weighted by Gasteiger charge is -2.07. The van der Waals surface area contributed by atoms with Crippen LogP contribution in [0.15, 0.2) is 52.3 Å². The van der Waals surface area contributed by atoms with Crippen LogP contribution in [0.2, 0.25) is 10.0 Å².